The molecule has 0 fully saturated rings. The second-order valence-electron chi connectivity index (χ2n) is 10.7. The summed E-state index contributed by atoms with van der Waals surface area (Å²) in [6.45, 7) is 0. The normalized spacial score (nSPS) is 10.9. The molecule has 4 atom stereocenters. The number of halogens is 9. The minimum absolute atomic E-state index is 0. The van der Waals surface area contributed by atoms with E-state index in [1.165, 1.54) is 73.2 Å². The van der Waals surface area contributed by atoms with E-state index in [0.29, 0.717) is 0 Å². The van der Waals surface area contributed by atoms with Crippen LogP contribution in [-0.2, 0) is 57.5 Å². The molecule has 0 radical (unpaired) electrons. The zero-order valence-corrected chi connectivity index (χ0v) is 43.8. The van der Waals surface area contributed by atoms with E-state index in [4.69, 9.17) is 62.1 Å². The van der Waals surface area contributed by atoms with Crippen molar-refractivity contribution in [1.29, 1.82) is 0 Å². The fraction of sp³-hybridized carbons (Fsp3) is 0.543. The smallest absolute Gasteiger partial charge is 0.328 e. The Bertz CT molecular complexity index is 1490. The van der Waals surface area contributed by atoms with Crippen LogP contribution in [0.5, 0.6) is 0 Å². The summed E-state index contributed by atoms with van der Waals surface area (Å²) in [5, 5.41) is 54.5. The largest absolute Gasteiger partial charge is 0.481 e. The number of rotatable bonds is 18. The number of carbonyl (C=O) groups is 12. The number of carboxylic acids is 5. The van der Waals surface area contributed by atoms with Crippen molar-refractivity contribution < 1.29 is 130 Å². The van der Waals surface area contributed by atoms with Gasteiger partial charge in [-0.3, -0.25) is 57.6 Å². The Kier molecular flexibility index (Phi) is 99.0. The summed E-state index contributed by atoms with van der Waals surface area (Å²) in [6, 6.07) is -2.10. The van der Waals surface area contributed by atoms with Crippen LogP contribution in [0.1, 0.15) is 25.7 Å². The number of nitrogens with two attached hydrogens (primary N) is 1. The molecule has 16 N–H and O–H groups in total. The molecule has 0 saturated heterocycles. The van der Waals surface area contributed by atoms with Crippen LogP contribution in [0.15, 0.2) is 24.3 Å². The number of nitrogens with one attached hydrogen (secondary N) is 7. The van der Waals surface area contributed by atoms with Crippen LogP contribution in [0.25, 0.3) is 0 Å². The highest BCUT2D eigenvalue weighted by Crippen LogP contribution is 2.11. The molecule has 0 saturated carbocycles. The van der Waals surface area contributed by atoms with Gasteiger partial charge in [0.2, 0.25) is 29.5 Å². The van der Waals surface area contributed by atoms with E-state index in [1.807, 2.05) is 0 Å². The number of imide groups is 1. The first-order chi connectivity index (χ1) is 34.3. The third-order valence-corrected chi connectivity index (χ3v) is 8.32. The molecular formula is C35H66F9N9O18S3. The Morgan fingerprint density at radius 1 is 0.581 bits per heavy atom. The van der Waals surface area contributed by atoms with E-state index >= 15 is 0 Å². The van der Waals surface area contributed by atoms with E-state index in [-0.39, 0.29) is 54.3 Å². The molecule has 0 aliphatic carbocycles. The zero-order chi connectivity index (χ0) is 60.8. The maximum Gasteiger partial charge on any atom is 0.328 e. The van der Waals surface area contributed by atoms with Crippen molar-refractivity contribution in [2.24, 2.45) is 5.73 Å². The molecule has 7 amide bonds. The predicted molar refractivity (Wildman–Crippen MR) is 256 cm³/mol. The maximum atomic E-state index is 11.6. The van der Waals surface area contributed by atoms with Crippen molar-refractivity contribution in [3.63, 3.8) is 0 Å². The van der Waals surface area contributed by atoms with Crippen molar-refractivity contribution >= 4 is 107 Å². The van der Waals surface area contributed by atoms with Crippen molar-refractivity contribution in [3.8, 4) is 0 Å². The maximum absolute atomic E-state index is 11.6. The lowest BCUT2D eigenvalue weighted by atomic mass is 10.2. The third-order valence-electron chi connectivity index (χ3n) is 6.43. The van der Waals surface area contributed by atoms with Crippen LogP contribution < -0.4 is 43.2 Å². The van der Waals surface area contributed by atoms with E-state index in [0.717, 1.165) is 34.4 Å². The Hall–Kier alpha value is -6.42. The number of thioether (sulfide) groups is 2. The van der Waals surface area contributed by atoms with Gasteiger partial charge in [0.25, 0.3) is 11.8 Å². The Morgan fingerprint density at radius 2 is 0.946 bits per heavy atom. The highest BCUT2D eigenvalue weighted by molar-refractivity contribution is 8.00. The number of thiol groups is 1. The van der Waals surface area contributed by atoms with Gasteiger partial charge in [0.15, 0.2) is 0 Å². The van der Waals surface area contributed by atoms with Crippen molar-refractivity contribution in [1.82, 2.24) is 42.3 Å². The lowest BCUT2D eigenvalue weighted by Crippen LogP contribution is -2.42. The topological polar surface area (TPSA) is 451 Å². The van der Waals surface area contributed by atoms with Gasteiger partial charge in [-0.1, -0.05) is 0 Å². The van der Waals surface area contributed by atoms with Gasteiger partial charge >= 0.3 is 29.8 Å². The predicted octanol–water partition coefficient (Wildman–Crippen LogP) is -0.706. The Labute approximate surface area is 431 Å². The van der Waals surface area contributed by atoms with E-state index < -0.39 is 70.7 Å². The molecule has 1 heterocycles. The molecule has 27 nitrogen and oxygen atoms in total. The minimum atomic E-state index is -1.46. The molecule has 0 aromatic heterocycles. The Morgan fingerprint density at radius 3 is 1.16 bits per heavy atom. The molecule has 0 aromatic rings. The second-order valence-corrected chi connectivity index (χ2v) is 12.7. The minimum Gasteiger partial charge on any atom is -0.481 e. The van der Waals surface area contributed by atoms with Gasteiger partial charge in [0, 0.05) is 110 Å². The van der Waals surface area contributed by atoms with Crippen molar-refractivity contribution in [2.75, 3.05) is 75.1 Å². The SMILES string of the molecule is CN.CN1C(=O)C=CC1=O.CNC(=O)/C=C\C(=O)O.CNC(=O)C(CC(=O)O)NC.CNC(=O)C(CC(=O)O)SC.CNC(=O)CC(NF)C(=O)O.CNC(=O)CC(SC)C(=O)O.CS.FF.FF.FF.FF.O. The molecule has 4 unspecified atom stereocenters. The molecule has 39 heteroatoms. The number of amides is 7. The highest BCUT2D eigenvalue weighted by Gasteiger charge is 2.21. The first-order valence-corrected chi connectivity index (χ1v) is 21.9. The summed E-state index contributed by atoms with van der Waals surface area (Å²) in [5.41, 5.74) is 5.51. The lowest BCUT2D eigenvalue weighted by Gasteiger charge is -2.10. The summed E-state index contributed by atoms with van der Waals surface area (Å²) in [7, 11) is 11.7. The molecule has 74 heavy (non-hydrogen) atoms. The van der Waals surface area contributed by atoms with Gasteiger partial charge in [-0.15, -0.1) is 21.8 Å². The monoisotopic (exact) mass is 1170 g/mol. The van der Waals surface area contributed by atoms with Gasteiger partial charge in [0.05, 0.1) is 30.6 Å². The average molecular weight is 1170 g/mol. The highest BCUT2D eigenvalue weighted by atomic mass is 32.2. The molecule has 1 rings (SSSR count). The first-order valence-electron chi connectivity index (χ1n) is 18.4. The number of hydrogen-bond acceptors (Lipinski definition) is 18. The van der Waals surface area contributed by atoms with Crippen LogP contribution in [0, 0.1) is 0 Å². The number of aliphatic carboxylic acids is 5. The first kappa shape index (κ1) is 97.0. The van der Waals surface area contributed by atoms with Crippen LogP contribution in [0.4, 0.5) is 41.1 Å². The van der Waals surface area contributed by atoms with Gasteiger partial charge in [-0.25, -0.2) is 4.79 Å². The third kappa shape index (κ3) is 72.1. The molecule has 0 aromatic carbocycles. The van der Waals surface area contributed by atoms with Gasteiger partial charge in [-0.2, -0.15) is 24.4 Å². The fourth-order valence-corrected chi connectivity index (χ4v) is 4.15. The quantitative estimate of drug-likeness (QED) is 0.0265. The van der Waals surface area contributed by atoms with Crippen molar-refractivity contribution in [3.05, 3.63) is 24.3 Å². The number of nitrogens with zero attached hydrogens (tertiary/aromatic N) is 1. The fourth-order valence-electron chi connectivity index (χ4n) is 2.98. The molecule has 440 valence electrons. The van der Waals surface area contributed by atoms with Gasteiger partial charge in [0.1, 0.15) is 11.3 Å². The number of hydrogen-bond donors (Lipinski definition) is 14. The van der Waals surface area contributed by atoms with Crippen LogP contribution >= 0.6 is 36.2 Å². The average Bonchev–Trinajstić information content (AvgIpc) is 3.70. The van der Waals surface area contributed by atoms with Crippen molar-refractivity contribution in [2.45, 2.75) is 48.3 Å². The zero-order valence-electron chi connectivity index (χ0n) is 41.3. The van der Waals surface area contributed by atoms with Crippen LogP contribution in [-0.4, -0.2) is 205 Å². The molecule has 0 spiro atoms. The molecular weight excluding hydrogens is 1100 g/mol. The Balaban J connectivity index is -0.0000000597. The van der Waals surface area contributed by atoms with E-state index in [1.54, 1.807) is 25.8 Å². The standard InChI is InChI=1S/C6H12N2O3.2C6H11NO3S.C5H9FN2O3.C5H7NO3.C5H5NO2.CH5N.CH4S.4F2.H2O/c1-7-4(3-5(9)10)6(11)8-2;1-7-6(10)4(11-2)3-5(8)9;1-7-5(8)3-4(11-2)6(9)10;1-7-4(9)2-3(8-6)5(10)11;1-6-4(7)2-3-5(8)9;1-6-4(7)2-3-5(6)8;6*1-2;/h4,7H,3H2,1-2H3,(H,8,11)(H,9,10);4H,3H2,1-2H3,(H,7,10)(H,8,9);4H,3H2,1-2H3,(H,7,8)(H,9,10);3,8H,2H2,1H3,(H,7,9)(H,10,11);2-3H,1H3,(H,6,7)(H,8,9);2-3H,1H3;2H2,1H3;2H,1H3;;;;;1H2/b;;;;3-2-;;;;;;;;. The summed E-state index contributed by atoms with van der Waals surface area (Å²) >= 11 is 5.93. The van der Waals surface area contributed by atoms with E-state index in [2.05, 4.69) is 50.3 Å². The van der Waals surface area contributed by atoms with Crippen LogP contribution in [0.2, 0.25) is 0 Å². The summed E-state index contributed by atoms with van der Waals surface area (Å²) in [6.07, 6.45) is 8.60. The number of likely N-dealkylation sites (N-methyl/N-ethyl adjacent to an activating group) is 4. The van der Waals surface area contributed by atoms with Gasteiger partial charge < -0.3 is 68.6 Å². The summed E-state index contributed by atoms with van der Waals surface area (Å²) in [5.74, 6) is -7.62. The molecule has 1 aliphatic rings. The summed E-state index contributed by atoms with van der Waals surface area (Å²) < 4.78 is 75.6. The lowest BCUT2D eigenvalue weighted by molar-refractivity contribution is -0.143. The number of carbonyl (C=O) groups excluding carboxylic acids is 7. The molecule has 0 bridgehead atoms. The number of carboxylic acid groups (broad SMARTS) is 5. The van der Waals surface area contributed by atoms with Gasteiger partial charge in [-0.05, 0) is 32.9 Å². The summed E-state index contributed by atoms with van der Waals surface area (Å²) in [4.78, 5) is 126. The second kappa shape index (κ2) is 75.5. The molecule has 1 aliphatic heterocycles. The van der Waals surface area contributed by atoms with Crippen LogP contribution in [0.3, 0.4) is 0 Å². The van der Waals surface area contributed by atoms with E-state index in [9.17, 15) is 62.0 Å².